The van der Waals surface area contributed by atoms with E-state index in [1.165, 1.54) is 0 Å². The van der Waals surface area contributed by atoms with Gasteiger partial charge in [0.1, 0.15) is 11.6 Å². The average Bonchev–Trinajstić information content (AvgIpc) is 3.23. The number of furan rings is 1. The molecule has 7 heteroatoms. The molecule has 136 valence electrons. The molecule has 3 rings (SSSR count). The average molecular weight is 346 g/mol. The summed E-state index contributed by atoms with van der Waals surface area (Å²) in [6, 6.07) is 5.56. The molecule has 2 atom stereocenters. The van der Waals surface area contributed by atoms with Gasteiger partial charge < -0.3 is 14.1 Å². The van der Waals surface area contributed by atoms with Crippen LogP contribution in [0.15, 0.2) is 28.9 Å². The first-order valence-corrected chi connectivity index (χ1v) is 8.71. The highest BCUT2D eigenvalue weighted by atomic mass is 16.5. The van der Waals surface area contributed by atoms with E-state index in [0.29, 0.717) is 24.9 Å². The number of carbonyl (C=O) groups is 1. The molecule has 1 fully saturated rings. The van der Waals surface area contributed by atoms with Crippen LogP contribution >= 0.6 is 0 Å². The lowest BCUT2D eigenvalue weighted by Gasteiger charge is -2.37. The molecule has 1 aliphatic heterocycles. The number of ether oxygens (including phenoxy) is 1. The van der Waals surface area contributed by atoms with Crippen LogP contribution in [0.5, 0.6) is 0 Å². The normalized spacial score (nSPS) is 20.7. The van der Waals surface area contributed by atoms with Crippen LogP contribution in [0.1, 0.15) is 37.3 Å². The van der Waals surface area contributed by atoms with Gasteiger partial charge in [-0.25, -0.2) is 4.79 Å². The summed E-state index contributed by atoms with van der Waals surface area (Å²) in [7, 11) is 3.49. The molecule has 1 aliphatic rings. The zero-order valence-electron chi connectivity index (χ0n) is 15.1. The summed E-state index contributed by atoms with van der Waals surface area (Å²) in [5, 5.41) is 7.40. The zero-order chi connectivity index (χ0) is 17.8. The van der Waals surface area contributed by atoms with Crippen molar-refractivity contribution < 1.29 is 13.9 Å². The van der Waals surface area contributed by atoms with E-state index in [9.17, 15) is 4.79 Å². The van der Waals surface area contributed by atoms with Gasteiger partial charge in [-0.15, -0.1) is 0 Å². The topological polar surface area (TPSA) is 72.5 Å². The second-order valence-corrected chi connectivity index (χ2v) is 6.67. The highest BCUT2D eigenvalue weighted by Gasteiger charge is 2.33. The Labute approximate surface area is 147 Å². The van der Waals surface area contributed by atoms with Crippen molar-refractivity contribution in [3.05, 3.63) is 35.9 Å². The van der Waals surface area contributed by atoms with Crippen LogP contribution in [0.4, 0.5) is 10.6 Å². The lowest BCUT2D eigenvalue weighted by Crippen LogP contribution is -2.43. The summed E-state index contributed by atoms with van der Waals surface area (Å²) in [4.78, 5) is 14.7. The molecule has 0 bridgehead atoms. The van der Waals surface area contributed by atoms with Gasteiger partial charge in [0, 0.05) is 33.2 Å². The summed E-state index contributed by atoms with van der Waals surface area (Å²) in [6.07, 6.45) is 4.28. The predicted molar refractivity (Wildman–Crippen MR) is 94.4 cm³/mol. The summed E-state index contributed by atoms with van der Waals surface area (Å²) < 4.78 is 12.3. The van der Waals surface area contributed by atoms with Crippen LogP contribution < -0.4 is 5.32 Å². The van der Waals surface area contributed by atoms with Crippen molar-refractivity contribution in [1.29, 1.82) is 0 Å². The first kappa shape index (κ1) is 17.5. The highest BCUT2D eigenvalue weighted by molar-refractivity contribution is 5.88. The summed E-state index contributed by atoms with van der Waals surface area (Å²) in [5.74, 6) is 2.09. The predicted octanol–water partition coefficient (Wildman–Crippen LogP) is 3.21. The number of methoxy groups -OCH3 is 1. The number of aryl methyl sites for hydroxylation is 1. The summed E-state index contributed by atoms with van der Waals surface area (Å²) >= 11 is 0. The molecule has 1 saturated heterocycles. The van der Waals surface area contributed by atoms with Crippen molar-refractivity contribution in [1.82, 2.24) is 14.7 Å². The van der Waals surface area contributed by atoms with Crippen LogP contribution in [-0.2, 0) is 18.2 Å². The van der Waals surface area contributed by atoms with E-state index in [2.05, 4.69) is 17.3 Å². The third-order valence-electron chi connectivity index (χ3n) is 4.72. The van der Waals surface area contributed by atoms with E-state index >= 15 is 0 Å². The van der Waals surface area contributed by atoms with Gasteiger partial charge in [-0.05, 0) is 30.9 Å². The zero-order valence-corrected chi connectivity index (χ0v) is 15.1. The molecule has 0 unspecified atom stereocenters. The number of likely N-dealkylation sites (tertiary alicyclic amines) is 1. The molecule has 3 heterocycles. The number of hydrogen-bond donors (Lipinski definition) is 1. The molecule has 25 heavy (non-hydrogen) atoms. The smallest absolute Gasteiger partial charge is 0.323 e. The van der Waals surface area contributed by atoms with E-state index in [-0.39, 0.29) is 12.1 Å². The van der Waals surface area contributed by atoms with E-state index in [1.807, 2.05) is 30.1 Å². The minimum atomic E-state index is -0.116. The van der Waals surface area contributed by atoms with Gasteiger partial charge in [0.05, 0.1) is 24.6 Å². The Bertz CT molecular complexity index is 695. The molecule has 1 N–H and O–H groups in total. The van der Waals surface area contributed by atoms with Gasteiger partial charge in [-0.2, -0.15) is 5.10 Å². The first-order chi connectivity index (χ1) is 12.1. The molecule has 0 spiro atoms. The van der Waals surface area contributed by atoms with Crippen LogP contribution in [0.3, 0.4) is 0 Å². The van der Waals surface area contributed by atoms with Crippen molar-refractivity contribution in [2.75, 3.05) is 25.6 Å². The molecule has 2 aromatic heterocycles. The number of hydrogen-bond acceptors (Lipinski definition) is 4. The number of amides is 2. The van der Waals surface area contributed by atoms with Crippen molar-refractivity contribution in [3.63, 3.8) is 0 Å². The van der Waals surface area contributed by atoms with E-state index in [0.717, 1.165) is 30.7 Å². The summed E-state index contributed by atoms with van der Waals surface area (Å²) in [5.41, 5.74) is 0.898. The quantitative estimate of drug-likeness (QED) is 0.902. The monoisotopic (exact) mass is 346 g/mol. The fourth-order valence-corrected chi connectivity index (χ4v) is 3.29. The lowest BCUT2D eigenvalue weighted by atomic mass is 9.91. The first-order valence-electron chi connectivity index (χ1n) is 8.71. The molecule has 0 radical (unpaired) electrons. The van der Waals surface area contributed by atoms with Crippen molar-refractivity contribution in [3.8, 4) is 0 Å². The van der Waals surface area contributed by atoms with Crippen LogP contribution in [0.25, 0.3) is 0 Å². The van der Waals surface area contributed by atoms with Gasteiger partial charge in [-0.1, -0.05) is 6.92 Å². The van der Waals surface area contributed by atoms with Crippen LogP contribution in [0, 0.1) is 5.92 Å². The Morgan fingerprint density at radius 1 is 1.52 bits per heavy atom. The SMILES string of the molecule is COCCc1cc(NC(=O)N2CC[C@@H](C)C[C@H]2c2ccco2)n(C)n1. The van der Waals surface area contributed by atoms with Crippen LogP contribution in [-0.4, -0.2) is 41.0 Å². The van der Waals surface area contributed by atoms with Gasteiger partial charge in [0.2, 0.25) is 0 Å². The third-order valence-corrected chi connectivity index (χ3v) is 4.72. The summed E-state index contributed by atoms with van der Waals surface area (Å²) in [6.45, 7) is 3.54. The molecule has 0 aromatic carbocycles. The minimum absolute atomic E-state index is 0.0278. The number of piperidine rings is 1. The number of aromatic nitrogens is 2. The number of nitrogens with one attached hydrogen (secondary N) is 1. The molecule has 7 nitrogen and oxygen atoms in total. The maximum absolute atomic E-state index is 12.9. The van der Waals surface area contributed by atoms with Crippen LogP contribution in [0.2, 0.25) is 0 Å². The van der Waals surface area contributed by atoms with E-state index < -0.39 is 0 Å². The maximum atomic E-state index is 12.9. The van der Waals surface area contributed by atoms with Gasteiger partial charge in [0.25, 0.3) is 0 Å². The Balaban J connectivity index is 1.72. The standard InChI is InChI=1S/C18H26N4O3/c1-13-6-8-22(15(11-13)16-5-4-9-25-16)18(23)19-17-12-14(7-10-24-3)20-21(17)2/h4-5,9,12-13,15H,6-8,10-11H2,1-3H3,(H,19,23)/t13-,15+/m1/s1. The van der Waals surface area contributed by atoms with Crippen molar-refractivity contribution in [2.24, 2.45) is 13.0 Å². The molecular weight excluding hydrogens is 320 g/mol. The second kappa shape index (κ2) is 7.74. The van der Waals surface area contributed by atoms with Gasteiger partial charge >= 0.3 is 6.03 Å². The van der Waals surface area contributed by atoms with E-state index in [4.69, 9.17) is 9.15 Å². The molecule has 0 saturated carbocycles. The molecule has 0 aliphatic carbocycles. The van der Waals surface area contributed by atoms with E-state index in [1.54, 1.807) is 18.1 Å². The van der Waals surface area contributed by atoms with Crippen molar-refractivity contribution >= 4 is 11.8 Å². The largest absolute Gasteiger partial charge is 0.467 e. The number of nitrogens with zero attached hydrogens (tertiary/aromatic N) is 3. The Kier molecular flexibility index (Phi) is 5.43. The van der Waals surface area contributed by atoms with Gasteiger partial charge in [0.15, 0.2) is 0 Å². The fraction of sp³-hybridized carbons (Fsp3) is 0.556. The fourth-order valence-electron chi connectivity index (χ4n) is 3.29. The van der Waals surface area contributed by atoms with Gasteiger partial charge in [-0.3, -0.25) is 10.00 Å². The molecule has 2 aromatic rings. The number of rotatable bonds is 5. The molecular formula is C18H26N4O3. The maximum Gasteiger partial charge on any atom is 0.323 e. The number of anilines is 1. The Hall–Kier alpha value is -2.28. The van der Waals surface area contributed by atoms with Crippen molar-refractivity contribution in [2.45, 2.75) is 32.2 Å². The minimum Gasteiger partial charge on any atom is -0.467 e. The third kappa shape index (κ3) is 4.04. The number of carbonyl (C=O) groups excluding carboxylic acids is 1. The highest BCUT2D eigenvalue weighted by Crippen LogP contribution is 2.34. The second-order valence-electron chi connectivity index (χ2n) is 6.67. The Morgan fingerprint density at radius 3 is 3.08 bits per heavy atom. The number of urea groups is 1. The molecule has 2 amide bonds. The Morgan fingerprint density at radius 2 is 2.36 bits per heavy atom. The lowest BCUT2D eigenvalue weighted by molar-refractivity contribution is 0.129.